The van der Waals surface area contributed by atoms with Crippen LogP contribution in [0.4, 0.5) is 5.82 Å². The lowest BCUT2D eigenvalue weighted by molar-refractivity contribution is -0.122. The molecule has 0 atom stereocenters. The summed E-state index contributed by atoms with van der Waals surface area (Å²) in [5, 5.41) is 2.91. The van der Waals surface area contributed by atoms with E-state index in [1.54, 1.807) is 0 Å². The Hall–Kier alpha value is -1.73. The molecule has 0 saturated heterocycles. The molecule has 0 spiro atoms. The zero-order valence-electron chi connectivity index (χ0n) is 8.85. The molecule has 0 bridgehead atoms. The summed E-state index contributed by atoms with van der Waals surface area (Å²) in [6.07, 6.45) is 1.80. The Labute approximate surface area is 102 Å². The fourth-order valence-electron chi connectivity index (χ4n) is 1.03. The highest BCUT2D eigenvalue weighted by atomic mass is 35.5. The lowest BCUT2D eigenvalue weighted by Crippen LogP contribution is -2.21. The largest absolute Gasteiger partial charge is 0.370 e. The highest BCUT2D eigenvalue weighted by Gasteiger charge is 2.07. The van der Waals surface area contributed by atoms with E-state index in [-0.39, 0.29) is 23.9 Å². The standard InChI is InChI=1S/C9H11ClN4O3/c10-8-6(3-15)9(14-5-13-8)12-1-2-17-4-7(11)16/h3,5H,1-2,4H2,(H2,11,16)(H,12,13,14). The molecule has 0 radical (unpaired) electrons. The molecule has 0 aliphatic rings. The number of carbonyl (C=O) groups excluding carboxylic acids is 2. The fourth-order valence-corrected chi connectivity index (χ4v) is 1.21. The second-order valence-electron chi connectivity index (χ2n) is 2.99. The van der Waals surface area contributed by atoms with E-state index in [2.05, 4.69) is 15.3 Å². The topological polar surface area (TPSA) is 107 Å². The number of aromatic nitrogens is 2. The van der Waals surface area contributed by atoms with Crippen LogP contribution in [-0.2, 0) is 9.53 Å². The highest BCUT2D eigenvalue weighted by molar-refractivity contribution is 6.32. The average molecular weight is 259 g/mol. The number of anilines is 1. The molecule has 1 rings (SSSR count). The van der Waals surface area contributed by atoms with Gasteiger partial charge in [0.05, 0.1) is 12.2 Å². The number of nitrogens with zero attached hydrogens (tertiary/aromatic N) is 2. The smallest absolute Gasteiger partial charge is 0.243 e. The van der Waals surface area contributed by atoms with Gasteiger partial charge in [0.1, 0.15) is 23.9 Å². The number of primary amides is 1. The van der Waals surface area contributed by atoms with Crippen molar-refractivity contribution in [2.75, 3.05) is 25.1 Å². The highest BCUT2D eigenvalue weighted by Crippen LogP contribution is 2.16. The van der Waals surface area contributed by atoms with Crippen LogP contribution in [0.15, 0.2) is 6.33 Å². The van der Waals surface area contributed by atoms with Crippen molar-refractivity contribution in [2.24, 2.45) is 5.73 Å². The molecule has 92 valence electrons. The van der Waals surface area contributed by atoms with E-state index in [0.717, 1.165) is 0 Å². The van der Waals surface area contributed by atoms with Crippen molar-refractivity contribution < 1.29 is 14.3 Å². The van der Waals surface area contributed by atoms with Gasteiger partial charge in [-0.25, -0.2) is 9.97 Å². The third-order valence-corrected chi connectivity index (χ3v) is 2.04. The van der Waals surface area contributed by atoms with Crippen LogP contribution in [0.1, 0.15) is 10.4 Å². The van der Waals surface area contributed by atoms with Crippen molar-refractivity contribution in [3.63, 3.8) is 0 Å². The molecule has 0 saturated carbocycles. The molecule has 0 fully saturated rings. The quantitative estimate of drug-likeness (QED) is 0.400. The molecule has 1 amide bonds. The fraction of sp³-hybridized carbons (Fsp3) is 0.333. The summed E-state index contributed by atoms with van der Waals surface area (Å²) in [5.74, 6) is -0.216. The zero-order valence-corrected chi connectivity index (χ0v) is 9.61. The number of carbonyl (C=O) groups is 2. The molecule has 0 unspecified atom stereocenters. The number of aldehydes is 1. The minimum atomic E-state index is -0.538. The van der Waals surface area contributed by atoms with Crippen molar-refractivity contribution in [3.05, 3.63) is 17.0 Å². The minimum absolute atomic E-state index is 0.0792. The Morgan fingerprint density at radius 1 is 1.59 bits per heavy atom. The van der Waals surface area contributed by atoms with Crippen LogP contribution in [0.2, 0.25) is 5.15 Å². The maximum Gasteiger partial charge on any atom is 0.243 e. The number of halogens is 1. The third kappa shape index (κ3) is 4.33. The van der Waals surface area contributed by atoms with E-state index >= 15 is 0 Å². The third-order valence-electron chi connectivity index (χ3n) is 1.74. The van der Waals surface area contributed by atoms with Gasteiger partial charge in [-0.2, -0.15) is 0 Å². The van der Waals surface area contributed by atoms with Gasteiger partial charge in [-0.05, 0) is 0 Å². The Morgan fingerprint density at radius 3 is 3.00 bits per heavy atom. The van der Waals surface area contributed by atoms with Gasteiger partial charge >= 0.3 is 0 Å². The Morgan fingerprint density at radius 2 is 2.35 bits per heavy atom. The van der Waals surface area contributed by atoms with Crippen LogP contribution in [0.25, 0.3) is 0 Å². The molecular weight excluding hydrogens is 248 g/mol. The SMILES string of the molecule is NC(=O)COCCNc1ncnc(Cl)c1C=O. The summed E-state index contributed by atoms with van der Waals surface area (Å²) in [6.45, 7) is 0.469. The number of nitrogens with one attached hydrogen (secondary N) is 1. The maximum absolute atomic E-state index is 10.7. The lowest BCUT2D eigenvalue weighted by Gasteiger charge is -2.07. The summed E-state index contributed by atoms with van der Waals surface area (Å²) in [7, 11) is 0. The number of nitrogens with two attached hydrogens (primary N) is 1. The van der Waals surface area contributed by atoms with Crippen molar-refractivity contribution >= 4 is 29.6 Å². The van der Waals surface area contributed by atoms with E-state index in [1.807, 2.05) is 0 Å². The molecule has 0 aromatic carbocycles. The molecule has 8 heteroatoms. The predicted molar refractivity (Wildman–Crippen MR) is 60.9 cm³/mol. The number of ether oxygens (including phenoxy) is 1. The maximum atomic E-state index is 10.7. The second-order valence-corrected chi connectivity index (χ2v) is 3.35. The van der Waals surface area contributed by atoms with Gasteiger partial charge in [0.2, 0.25) is 5.91 Å². The van der Waals surface area contributed by atoms with E-state index in [1.165, 1.54) is 6.33 Å². The molecule has 7 nitrogen and oxygen atoms in total. The molecule has 1 aromatic heterocycles. The second kappa shape index (κ2) is 6.77. The van der Waals surface area contributed by atoms with E-state index in [9.17, 15) is 9.59 Å². The van der Waals surface area contributed by atoms with Gasteiger partial charge in [0.15, 0.2) is 6.29 Å². The lowest BCUT2D eigenvalue weighted by atomic mass is 10.3. The van der Waals surface area contributed by atoms with Crippen molar-refractivity contribution in [3.8, 4) is 0 Å². The molecular formula is C9H11ClN4O3. The Bertz CT molecular complexity index is 413. The average Bonchev–Trinajstić information content (AvgIpc) is 2.28. The summed E-state index contributed by atoms with van der Waals surface area (Å²) < 4.78 is 4.92. The first kappa shape index (κ1) is 13.3. The normalized spacial score (nSPS) is 9.94. The molecule has 3 N–H and O–H groups in total. The van der Waals surface area contributed by atoms with Crippen molar-refractivity contribution in [1.29, 1.82) is 0 Å². The van der Waals surface area contributed by atoms with Gasteiger partial charge in [0.25, 0.3) is 0 Å². The molecule has 0 aliphatic heterocycles. The Kier molecular flexibility index (Phi) is 5.31. The zero-order chi connectivity index (χ0) is 12.7. The van der Waals surface area contributed by atoms with Gasteiger partial charge in [0, 0.05) is 6.54 Å². The van der Waals surface area contributed by atoms with E-state index < -0.39 is 5.91 Å². The van der Waals surface area contributed by atoms with Crippen LogP contribution in [0, 0.1) is 0 Å². The number of rotatable bonds is 7. The Balaban J connectivity index is 2.44. The van der Waals surface area contributed by atoms with Crippen LogP contribution in [0.5, 0.6) is 0 Å². The molecule has 0 aliphatic carbocycles. The van der Waals surface area contributed by atoms with Gasteiger partial charge < -0.3 is 15.8 Å². The summed E-state index contributed by atoms with van der Waals surface area (Å²) in [4.78, 5) is 28.6. The first-order valence-corrected chi connectivity index (χ1v) is 5.08. The van der Waals surface area contributed by atoms with Gasteiger partial charge in [-0.1, -0.05) is 11.6 Å². The van der Waals surface area contributed by atoms with Crippen LogP contribution in [0.3, 0.4) is 0 Å². The van der Waals surface area contributed by atoms with Crippen molar-refractivity contribution in [1.82, 2.24) is 9.97 Å². The first-order valence-electron chi connectivity index (χ1n) is 4.70. The number of amides is 1. The predicted octanol–water partition coefficient (Wildman–Crippen LogP) is -0.144. The number of hydrogen-bond donors (Lipinski definition) is 2. The summed E-state index contributed by atoms with van der Waals surface area (Å²) >= 11 is 5.70. The molecule has 17 heavy (non-hydrogen) atoms. The van der Waals surface area contributed by atoms with Crippen molar-refractivity contribution in [2.45, 2.75) is 0 Å². The molecule has 1 heterocycles. The monoisotopic (exact) mass is 258 g/mol. The van der Waals surface area contributed by atoms with Crippen LogP contribution >= 0.6 is 11.6 Å². The summed E-state index contributed by atoms with van der Waals surface area (Å²) in [6, 6.07) is 0. The number of hydrogen-bond acceptors (Lipinski definition) is 6. The van der Waals surface area contributed by atoms with Gasteiger partial charge in [-0.3, -0.25) is 9.59 Å². The molecule has 1 aromatic rings. The first-order chi connectivity index (χ1) is 8.15. The van der Waals surface area contributed by atoms with E-state index in [4.69, 9.17) is 22.1 Å². The summed E-state index contributed by atoms with van der Waals surface area (Å²) in [5.41, 5.74) is 5.07. The van der Waals surface area contributed by atoms with Crippen LogP contribution in [-0.4, -0.2) is 41.9 Å². The minimum Gasteiger partial charge on any atom is -0.370 e. The van der Waals surface area contributed by atoms with Gasteiger partial charge in [-0.15, -0.1) is 0 Å². The van der Waals surface area contributed by atoms with E-state index in [0.29, 0.717) is 18.6 Å². The van der Waals surface area contributed by atoms with Crippen LogP contribution < -0.4 is 11.1 Å².